The van der Waals surface area contributed by atoms with Crippen molar-refractivity contribution in [2.24, 2.45) is 0 Å². The minimum absolute atomic E-state index is 0.0102. The molecule has 0 fully saturated rings. The van der Waals surface area contributed by atoms with E-state index < -0.39 is 55.9 Å². The Morgan fingerprint density at radius 1 is 0.531 bits per heavy atom. The fourth-order valence-corrected chi connectivity index (χ4v) is 15.7. The molecule has 5 atom stereocenters. The Balaban J connectivity index is 1.16. The second-order valence-corrected chi connectivity index (χ2v) is 25.8. The van der Waals surface area contributed by atoms with Crippen LogP contribution in [0.4, 0.5) is 4.79 Å². The molecular weight excluding hydrogens is 1030 g/mol. The van der Waals surface area contributed by atoms with E-state index in [1.165, 1.54) is 4.90 Å². The first-order chi connectivity index (χ1) is 39.5. The number of aliphatic hydroxyl groups excluding tert-OH is 1. The lowest BCUT2D eigenvalue weighted by Crippen LogP contribution is -2.67. The highest BCUT2D eigenvalue weighted by Gasteiger charge is 2.52. The highest BCUT2D eigenvalue weighted by Crippen LogP contribution is 2.45. The number of nitrogens with zero attached hydrogens (tertiary/aromatic N) is 1. The monoisotopic (exact) mass is 1100 g/mol. The van der Waals surface area contributed by atoms with Crippen LogP contribution in [0, 0.1) is 0 Å². The fraction of sp³-hybridized carbons (Fsp3) is 0.257. The summed E-state index contributed by atoms with van der Waals surface area (Å²) in [4.78, 5) is 31.6. The predicted molar refractivity (Wildman–Crippen MR) is 321 cm³/mol. The molecule has 1 aliphatic rings. The van der Waals surface area contributed by atoms with Crippen molar-refractivity contribution in [3.63, 3.8) is 0 Å². The molecule has 416 valence electrons. The smallest absolute Gasteiger partial charge is 0.410 e. The van der Waals surface area contributed by atoms with Gasteiger partial charge in [-0.2, -0.15) is 0 Å². The van der Waals surface area contributed by atoms with Crippen LogP contribution >= 0.6 is 0 Å². The Bertz CT molecular complexity index is 3130. The number of fused-ring (bicyclic) bond motifs is 3. The Morgan fingerprint density at radius 3 is 1.37 bits per heavy atom. The average Bonchev–Trinajstić information content (AvgIpc) is 3.87. The first-order valence-electron chi connectivity index (χ1n) is 27.9. The maximum Gasteiger partial charge on any atom is 0.410 e. The molecule has 0 saturated carbocycles. The van der Waals surface area contributed by atoms with Gasteiger partial charge in [-0.05, 0) is 59.9 Å². The molecule has 10 nitrogen and oxygen atoms in total. The molecule has 0 heterocycles. The van der Waals surface area contributed by atoms with E-state index in [2.05, 4.69) is 75.9 Å². The van der Waals surface area contributed by atoms with Crippen LogP contribution in [-0.2, 0) is 59.3 Å². The minimum Gasteiger partial charge on any atom is -0.461 e. The van der Waals surface area contributed by atoms with Gasteiger partial charge >= 0.3 is 12.1 Å². The van der Waals surface area contributed by atoms with E-state index in [0.29, 0.717) is 0 Å². The molecule has 0 spiro atoms. The molecule has 9 rings (SSSR count). The molecule has 0 radical (unpaired) electrons. The molecule has 0 saturated heterocycles. The van der Waals surface area contributed by atoms with Gasteiger partial charge in [0.15, 0.2) is 0 Å². The highest BCUT2D eigenvalue weighted by atomic mass is 28.4. The Labute approximate surface area is 478 Å². The van der Waals surface area contributed by atoms with Gasteiger partial charge in [0.1, 0.15) is 37.6 Å². The van der Waals surface area contributed by atoms with E-state index >= 15 is 4.79 Å². The van der Waals surface area contributed by atoms with Crippen molar-refractivity contribution in [3.8, 4) is 11.1 Å². The largest absolute Gasteiger partial charge is 0.461 e. The summed E-state index contributed by atoms with van der Waals surface area (Å²) in [6, 6.07) is 74.2. The number of rotatable bonds is 27. The minimum atomic E-state index is -3.26. The molecule has 11 heteroatoms. The van der Waals surface area contributed by atoms with Crippen molar-refractivity contribution in [2.45, 2.75) is 95.0 Å². The Morgan fingerprint density at radius 2 is 0.926 bits per heavy atom. The van der Waals surface area contributed by atoms with Gasteiger partial charge < -0.3 is 33.2 Å². The van der Waals surface area contributed by atoms with Crippen LogP contribution in [0.25, 0.3) is 11.1 Å². The SMILES string of the molecule is C=CCN(C(=O)OCC1c2ccccc2-c2ccccc21)[C@@H](CC(=O)OCc1ccccc1)[C@H](OCc1ccccc1)[C@@H](OCc1ccccc1)[C@H](OCc1ccccc1)[C@H](O)CO[Si](c1ccccc1)(c1ccccc1)C(C)(C)C. The maximum absolute atomic E-state index is 15.4. The van der Waals surface area contributed by atoms with Gasteiger partial charge in [0.25, 0.3) is 8.32 Å². The number of hydrogen-bond acceptors (Lipinski definition) is 9. The molecular formula is C70H73NO9Si. The molecule has 1 aliphatic carbocycles. The van der Waals surface area contributed by atoms with Crippen LogP contribution in [-0.4, -0.2) is 80.6 Å². The standard InChI is InChI=1S/C70H73NO9Si/c1-5-44-71(69(74)79-50-62-60-42-26-24-40-58(60)59-41-25-27-43-61(59)62)63(45-65(73)75-46-52-28-12-6-13-29-52)66(76-47-53-30-14-7-15-31-53)68(78-49-55-34-18-9-19-35-55)67(77-48-54-32-16-8-17-33-54)64(72)51-80-81(70(2,3)4,56-36-20-10-21-37-56)57-38-22-11-23-39-57/h5-43,62-64,66-68,72H,1,44-51H2,2-4H3/t63-,64+,66-,67+,68+/m0/s1. The second-order valence-electron chi connectivity index (χ2n) is 21.5. The Hall–Kier alpha value is -7.74. The van der Waals surface area contributed by atoms with E-state index in [9.17, 15) is 9.90 Å². The number of hydrogen-bond donors (Lipinski definition) is 1. The number of ether oxygens (including phenoxy) is 5. The Kier molecular flexibility index (Phi) is 20.1. The number of aliphatic hydroxyl groups is 1. The van der Waals surface area contributed by atoms with E-state index in [-0.39, 0.29) is 58.5 Å². The van der Waals surface area contributed by atoms with Gasteiger partial charge in [0.2, 0.25) is 0 Å². The number of benzene rings is 8. The zero-order valence-electron chi connectivity index (χ0n) is 46.5. The average molecular weight is 1100 g/mol. The van der Waals surface area contributed by atoms with Crippen molar-refractivity contribution in [3.05, 3.63) is 277 Å². The molecule has 0 aromatic heterocycles. The third-order valence-electron chi connectivity index (χ3n) is 15.1. The van der Waals surface area contributed by atoms with Crippen LogP contribution in [0.3, 0.4) is 0 Å². The van der Waals surface area contributed by atoms with Crippen molar-refractivity contribution in [1.82, 2.24) is 4.90 Å². The van der Waals surface area contributed by atoms with E-state index in [0.717, 1.165) is 54.9 Å². The van der Waals surface area contributed by atoms with Crippen LogP contribution in [0.1, 0.15) is 66.5 Å². The summed E-state index contributed by atoms with van der Waals surface area (Å²) in [6.45, 7) is 10.6. The second kappa shape index (κ2) is 28.1. The fourth-order valence-electron chi connectivity index (χ4n) is 11.1. The normalized spacial score (nSPS) is 14.1. The van der Waals surface area contributed by atoms with Crippen molar-refractivity contribution < 1.29 is 42.8 Å². The number of amides is 1. The van der Waals surface area contributed by atoms with Crippen LogP contribution < -0.4 is 10.4 Å². The number of carbonyl (C=O) groups is 2. The molecule has 1 amide bonds. The summed E-state index contributed by atoms with van der Waals surface area (Å²) in [5, 5.41) is 15.0. The predicted octanol–water partition coefficient (Wildman–Crippen LogP) is 12.6. The zero-order chi connectivity index (χ0) is 56.4. The first-order valence-corrected chi connectivity index (χ1v) is 29.8. The highest BCUT2D eigenvalue weighted by molar-refractivity contribution is 6.99. The topological polar surface area (TPSA) is 113 Å². The summed E-state index contributed by atoms with van der Waals surface area (Å²) in [6.07, 6.45) is -4.50. The summed E-state index contributed by atoms with van der Waals surface area (Å²) in [5.41, 5.74) is 7.57. The van der Waals surface area contributed by atoms with E-state index in [1.54, 1.807) is 6.08 Å². The van der Waals surface area contributed by atoms with E-state index in [4.69, 9.17) is 28.1 Å². The summed E-state index contributed by atoms with van der Waals surface area (Å²) < 4.78 is 41.6. The lowest BCUT2D eigenvalue weighted by atomic mass is 9.93. The summed E-state index contributed by atoms with van der Waals surface area (Å²) >= 11 is 0. The molecule has 0 unspecified atom stereocenters. The molecule has 0 aliphatic heterocycles. The van der Waals surface area contributed by atoms with Gasteiger partial charge in [-0.15, -0.1) is 6.58 Å². The van der Waals surface area contributed by atoms with Crippen LogP contribution in [0.15, 0.2) is 243 Å². The van der Waals surface area contributed by atoms with Crippen LogP contribution in [0.2, 0.25) is 5.04 Å². The summed E-state index contributed by atoms with van der Waals surface area (Å²) in [5.74, 6) is -0.855. The molecule has 8 aromatic carbocycles. The molecule has 81 heavy (non-hydrogen) atoms. The zero-order valence-corrected chi connectivity index (χ0v) is 47.5. The van der Waals surface area contributed by atoms with E-state index in [1.807, 2.05) is 182 Å². The van der Waals surface area contributed by atoms with Gasteiger partial charge in [-0.25, -0.2) is 4.79 Å². The van der Waals surface area contributed by atoms with Crippen molar-refractivity contribution in [1.29, 1.82) is 0 Å². The van der Waals surface area contributed by atoms with Gasteiger partial charge in [0, 0.05) is 12.5 Å². The maximum atomic E-state index is 15.4. The van der Waals surface area contributed by atoms with Crippen molar-refractivity contribution in [2.75, 3.05) is 19.8 Å². The molecule has 0 bridgehead atoms. The lowest BCUT2D eigenvalue weighted by molar-refractivity contribution is -0.197. The lowest BCUT2D eigenvalue weighted by Gasteiger charge is -2.45. The third kappa shape index (κ3) is 14.4. The molecule has 1 N–H and O–H groups in total. The van der Waals surface area contributed by atoms with Crippen molar-refractivity contribution >= 4 is 30.8 Å². The summed E-state index contributed by atoms with van der Waals surface area (Å²) in [7, 11) is -3.26. The van der Waals surface area contributed by atoms with Gasteiger partial charge in [-0.3, -0.25) is 9.69 Å². The third-order valence-corrected chi connectivity index (χ3v) is 20.1. The quantitative estimate of drug-likeness (QED) is 0.0305. The van der Waals surface area contributed by atoms with Gasteiger partial charge in [0.05, 0.1) is 38.9 Å². The molecule has 8 aromatic rings. The number of carbonyl (C=O) groups excluding carboxylic acids is 2. The van der Waals surface area contributed by atoms with Gasteiger partial charge in [-0.1, -0.05) is 257 Å². The van der Waals surface area contributed by atoms with Crippen LogP contribution in [0.5, 0.6) is 0 Å². The number of esters is 1. The first kappa shape index (κ1) is 57.9.